The van der Waals surface area contributed by atoms with Crippen molar-refractivity contribution >= 4 is 0 Å². The quantitative estimate of drug-likeness (QED) is 0.599. The highest BCUT2D eigenvalue weighted by atomic mass is 16.3. The third-order valence-electron chi connectivity index (χ3n) is 2.75. The highest BCUT2D eigenvalue weighted by Crippen LogP contribution is 2.26. The smallest absolute Gasteiger partial charge is 0.0806 e. The molecule has 2 atom stereocenters. The van der Waals surface area contributed by atoms with Gasteiger partial charge in [0.25, 0.3) is 0 Å². The molecular weight excluding hydrogens is 150 g/mol. The van der Waals surface area contributed by atoms with Gasteiger partial charge in [-0.15, -0.1) is 12.3 Å². The average molecular weight is 167 g/mol. The maximum absolute atomic E-state index is 10.1. The van der Waals surface area contributed by atoms with Crippen molar-refractivity contribution in [3.05, 3.63) is 0 Å². The second-order valence-electron chi connectivity index (χ2n) is 3.59. The SMILES string of the molecule is C#CCCC1(O)CCCNC1C. The zero-order chi connectivity index (χ0) is 9.03. The Morgan fingerprint density at radius 1 is 1.75 bits per heavy atom. The van der Waals surface area contributed by atoms with Gasteiger partial charge < -0.3 is 10.4 Å². The van der Waals surface area contributed by atoms with Gasteiger partial charge in [0.05, 0.1) is 5.60 Å². The lowest BCUT2D eigenvalue weighted by atomic mass is 9.83. The zero-order valence-corrected chi connectivity index (χ0v) is 7.64. The van der Waals surface area contributed by atoms with Gasteiger partial charge in [-0.2, -0.15) is 0 Å². The lowest BCUT2D eigenvalue weighted by Gasteiger charge is -2.38. The number of hydrogen-bond acceptors (Lipinski definition) is 2. The Hall–Kier alpha value is -0.520. The number of rotatable bonds is 2. The minimum absolute atomic E-state index is 0.180. The summed E-state index contributed by atoms with van der Waals surface area (Å²) < 4.78 is 0. The van der Waals surface area contributed by atoms with Crippen LogP contribution in [0.4, 0.5) is 0 Å². The van der Waals surface area contributed by atoms with Crippen LogP contribution in [0.5, 0.6) is 0 Å². The predicted molar refractivity (Wildman–Crippen MR) is 49.7 cm³/mol. The van der Waals surface area contributed by atoms with Crippen molar-refractivity contribution in [2.24, 2.45) is 0 Å². The molecule has 1 aliphatic heterocycles. The molecule has 2 N–H and O–H groups in total. The number of terminal acetylenes is 1. The monoisotopic (exact) mass is 167 g/mol. The van der Waals surface area contributed by atoms with E-state index in [1.807, 2.05) is 6.92 Å². The summed E-state index contributed by atoms with van der Waals surface area (Å²) in [6.45, 7) is 3.04. The van der Waals surface area contributed by atoms with E-state index in [1.54, 1.807) is 0 Å². The van der Waals surface area contributed by atoms with E-state index in [9.17, 15) is 5.11 Å². The van der Waals surface area contributed by atoms with Gasteiger partial charge in [-0.1, -0.05) is 0 Å². The molecule has 12 heavy (non-hydrogen) atoms. The van der Waals surface area contributed by atoms with Crippen LogP contribution in [0, 0.1) is 12.3 Å². The van der Waals surface area contributed by atoms with E-state index < -0.39 is 5.60 Å². The highest BCUT2D eigenvalue weighted by molar-refractivity contribution is 4.96. The van der Waals surface area contributed by atoms with Crippen LogP contribution in [0.1, 0.15) is 32.6 Å². The molecular formula is C10H17NO. The van der Waals surface area contributed by atoms with Crippen LogP contribution >= 0.6 is 0 Å². The molecule has 2 nitrogen and oxygen atoms in total. The first-order valence-electron chi connectivity index (χ1n) is 4.58. The Kier molecular flexibility index (Phi) is 3.13. The molecule has 0 saturated carbocycles. The van der Waals surface area contributed by atoms with Crippen molar-refractivity contribution in [3.8, 4) is 12.3 Å². The molecule has 2 heteroatoms. The Labute approximate surface area is 74.4 Å². The van der Waals surface area contributed by atoms with Crippen LogP contribution in [-0.2, 0) is 0 Å². The lowest BCUT2D eigenvalue weighted by Crippen LogP contribution is -2.53. The normalized spacial score (nSPS) is 35.9. The predicted octanol–water partition coefficient (Wildman–Crippen LogP) is 0.903. The van der Waals surface area contributed by atoms with Gasteiger partial charge in [0.15, 0.2) is 0 Å². The molecule has 0 aromatic rings. The third-order valence-corrected chi connectivity index (χ3v) is 2.75. The molecule has 0 spiro atoms. The topological polar surface area (TPSA) is 32.3 Å². The molecule has 0 bridgehead atoms. The number of piperidine rings is 1. The molecule has 0 amide bonds. The van der Waals surface area contributed by atoms with Crippen LogP contribution in [0.2, 0.25) is 0 Å². The Balaban J connectivity index is 2.48. The van der Waals surface area contributed by atoms with Crippen LogP contribution in [0.25, 0.3) is 0 Å². The molecule has 2 unspecified atom stereocenters. The summed E-state index contributed by atoms with van der Waals surface area (Å²) in [6.07, 6.45) is 8.48. The molecule has 1 rings (SSSR count). The number of hydrogen-bond donors (Lipinski definition) is 2. The van der Waals surface area contributed by atoms with E-state index in [4.69, 9.17) is 6.42 Å². The first-order chi connectivity index (χ1) is 5.69. The fourth-order valence-electron chi connectivity index (χ4n) is 1.75. The maximum atomic E-state index is 10.1. The maximum Gasteiger partial charge on any atom is 0.0806 e. The van der Waals surface area contributed by atoms with Crippen molar-refractivity contribution in [3.63, 3.8) is 0 Å². The Bertz CT molecular complexity index is 185. The van der Waals surface area contributed by atoms with E-state index in [0.717, 1.165) is 25.8 Å². The van der Waals surface area contributed by atoms with Crippen LogP contribution in [0.3, 0.4) is 0 Å². The molecule has 0 radical (unpaired) electrons. The second kappa shape index (κ2) is 3.93. The summed E-state index contributed by atoms with van der Waals surface area (Å²) in [7, 11) is 0. The summed E-state index contributed by atoms with van der Waals surface area (Å²) in [5, 5.41) is 13.4. The van der Waals surface area contributed by atoms with Gasteiger partial charge in [0.2, 0.25) is 0 Å². The first-order valence-corrected chi connectivity index (χ1v) is 4.58. The standard InChI is InChI=1S/C10H17NO/c1-3-4-6-10(12)7-5-8-11-9(10)2/h1,9,11-12H,4-8H2,2H3. The molecule has 0 aromatic carbocycles. The lowest BCUT2D eigenvalue weighted by molar-refractivity contribution is -0.0233. The van der Waals surface area contributed by atoms with Gasteiger partial charge >= 0.3 is 0 Å². The van der Waals surface area contributed by atoms with Gasteiger partial charge in [-0.25, -0.2) is 0 Å². The van der Waals surface area contributed by atoms with E-state index in [0.29, 0.717) is 6.42 Å². The van der Waals surface area contributed by atoms with Gasteiger partial charge in [0.1, 0.15) is 0 Å². The van der Waals surface area contributed by atoms with Crippen molar-refractivity contribution < 1.29 is 5.11 Å². The Morgan fingerprint density at radius 3 is 3.08 bits per heavy atom. The van der Waals surface area contributed by atoms with Gasteiger partial charge in [-0.3, -0.25) is 0 Å². The summed E-state index contributed by atoms with van der Waals surface area (Å²) in [4.78, 5) is 0. The largest absolute Gasteiger partial charge is 0.388 e. The minimum atomic E-state index is -0.565. The highest BCUT2D eigenvalue weighted by Gasteiger charge is 2.34. The van der Waals surface area contributed by atoms with Crippen LogP contribution < -0.4 is 5.32 Å². The summed E-state index contributed by atoms with van der Waals surface area (Å²) in [5.74, 6) is 2.57. The second-order valence-corrected chi connectivity index (χ2v) is 3.59. The molecule has 1 heterocycles. The van der Waals surface area contributed by atoms with E-state index in [-0.39, 0.29) is 6.04 Å². The molecule has 68 valence electrons. The number of aliphatic hydroxyl groups is 1. The summed E-state index contributed by atoms with van der Waals surface area (Å²) in [6, 6.07) is 0.180. The first kappa shape index (κ1) is 9.57. The van der Waals surface area contributed by atoms with Crippen molar-refractivity contribution in [1.82, 2.24) is 5.32 Å². The van der Waals surface area contributed by atoms with Crippen LogP contribution in [0.15, 0.2) is 0 Å². The third kappa shape index (κ3) is 2.00. The van der Waals surface area contributed by atoms with Gasteiger partial charge in [-0.05, 0) is 32.7 Å². The van der Waals surface area contributed by atoms with Gasteiger partial charge in [0, 0.05) is 12.5 Å². The van der Waals surface area contributed by atoms with Crippen molar-refractivity contribution in [2.75, 3.05) is 6.54 Å². The summed E-state index contributed by atoms with van der Waals surface area (Å²) >= 11 is 0. The molecule has 1 saturated heterocycles. The van der Waals surface area contributed by atoms with E-state index in [1.165, 1.54) is 0 Å². The molecule has 0 aliphatic carbocycles. The Morgan fingerprint density at radius 2 is 2.50 bits per heavy atom. The average Bonchev–Trinajstić information content (AvgIpc) is 2.07. The fraction of sp³-hybridized carbons (Fsp3) is 0.800. The van der Waals surface area contributed by atoms with Crippen molar-refractivity contribution in [2.45, 2.75) is 44.2 Å². The molecule has 1 aliphatic rings. The van der Waals surface area contributed by atoms with E-state index in [2.05, 4.69) is 11.2 Å². The fourth-order valence-corrected chi connectivity index (χ4v) is 1.75. The summed E-state index contributed by atoms with van der Waals surface area (Å²) in [5.41, 5.74) is -0.565. The zero-order valence-electron chi connectivity index (χ0n) is 7.64. The van der Waals surface area contributed by atoms with Crippen molar-refractivity contribution in [1.29, 1.82) is 0 Å². The van der Waals surface area contributed by atoms with Crippen LogP contribution in [-0.4, -0.2) is 23.3 Å². The van der Waals surface area contributed by atoms with E-state index >= 15 is 0 Å². The molecule has 0 aromatic heterocycles. The minimum Gasteiger partial charge on any atom is -0.388 e. The molecule has 1 fully saturated rings. The number of nitrogens with one attached hydrogen (secondary N) is 1.